The number of carbonyl (C=O) groups excluding carboxylic acids is 3. The van der Waals surface area contributed by atoms with Crippen LogP contribution in [0.15, 0.2) is 24.4 Å². The van der Waals surface area contributed by atoms with E-state index < -0.39 is 12.0 Å². The monoisotopic (exact) mass is 452 g/mol. The number of pyridine rings is 1. The van der Waals surface area contributed by atoms with E-state index in [0.717, 1.165) is 12.3 Å². The number of imidazole rings is 1. The largest absolute Gasteiger partial charge is 0.467 e. The number of aromatic nitrogens is 2. The Morgan fingerprint density at radius 1 is 1.21 bits per heavy atom. The summed E-state index contributed by atoms with van der Waals surface area (Å²) in [6, 6.07) is 4.71. The van der Waals surface area contributed by atoms with Gasteiger partial charge in [0.1, 0.15) is 23.1 Å². The summed E-state index contributed by atoms with van der Waals surface area (Å²) in [5.74, 6) is 1.13. The van der Waals surface area contributed by atoms with Gasteiger partial charge in [0, 0.05) is 19.3 Å². The van der Waals surface area contributed by atoms with Crippen LogP contribution in [0.3, 0.4) is 0 Å². The lowest BCUT2D eigenvalue weighted by Gasteiger charge is -2.60. The molecule has 33 heavy (non-hydrogen) atoms. The predicted octanol–water partition coefficient (Wildman–Crippen LogP) is 2.91. The van der Waals surface area contributed by atoms with Gasteiger partial charge in [-0.05, 0) is 67.4 Å². The quantitative estimate of drug-likeness (QED) is 0.704. The van der Waals surface area contributed by atoms with Crippen LogP contribution in [0.1, 0.15) is 66.9 Å². The predicted molar refractivity (Wildman–Crippen MR) is 122 cm³/mol. The first-order valence-electron chi connectivity index (χ1n) is 12.0. The molecule has 3 heterocycles. The second kappa shape index (κ2) is 8.15. The van der Waals surface area contributed by atoms with Crippen molar-refractivity contribution in [3.05, 3.63) is 35.8 Å². The Morgan fingerprint density at radius 2 is 2.03 bits per heavy atom. The molecule has 176 valence electrons. The number of likely N-dealkylation sites (tertiary alicyclic amines) is 1. The molecule has 0 spiro atoms. The fraction of sp³-hybridized carbons (Fsp3) is 0.600. The fourth-order valence-corrected chi connectivity index (χ4v) is 6.36. The van der Waals surface area contributed by atoms with Gasteiger partial charge in [-0.15, -0.1) is 0 Å². The molecule has 0 radical (unpaired) electrons. The molecule has 0 unspecified atom stereocenters. The summed E-state index contributed by atoms with van der Waals surface area (Å²) < 4.78 is 6.51. The first-order valence-corrected chi connectivity index (χ1v) is 12.0. The summed E-state index contributed by atoms with van der Waals surface area (Å²) in [5, 5.41) is 3.13. The molecule has 1 saturated heterocycles. The number of rotatable bonds is 5. The molecular formula is C25H32N4O4. The van der Waals surface area contributed by atoms with Crippen LogP contribution >= 0.6 is 0 Å². The average Bonchev–Trinajstić information content (AvgIpc) is 3.48. The van der Waals surface area contributed by atoms with Crippen LogP contribution in [0.5, 0.6) is 0 Å². The number of hydrogen-bond donors (Lipinski definition) is 1. The van der Waals surface area contributed by atoms with Gasteiger partial charge in [-0.3, -0.25) is 14.0 Å². The Morgan fingerprint density at radius 3 is 2.76 bits per heavy atom. The second-order valence-electron chi connectivity index (χ2n) is 10.4. The lowest BCUT2D eigenvalue weighted by Crippen LogP contribution is -2.54. The zero-order valence-corrected chi connectivity index (χ0v) is 19.5. The van der Waals surface area contributed by atoms with Gasteiger partial charge in [-0.25, -0.2) is 9.78 Å². The van der Waals surface area contributed by atoms with Crippen LogP contribution in [-0.4, -0.2) is 58.3 Å². The highest BCUT2D eigenvalue weighted by molar-refractivity contribution is 5.97. The SMILES string of the molecule is COC(=O)[C@@H]1CCCN1C(=O)c1cn2c(C(=O)NC[C@@H]3CC[C@H]4C[C@H]3C4(C)C)cccc2n1. The molecule has 1 aliphatic heterocycles. The van der Waals surface area contributed by atoms with E-state index in [0.29, 0.717) is 48.1 Å². The maximum absolute atomic E-state index is 13.1. The average molecular weight is 453 g/mol. The number of nitrogens with zero attached hydrogens (tertiary/aromatic N) is 3. The first kappa shape index (κ1) is 21.9. The van der Waals surface area contributed by atoms with E-state index >= 15 is 0 Å². The Bertz CT molecular complexity index is 1110. The van der Waals surface area contributed by atoms with Crippen molar-refractivity contribution < 1.29 is 19.1 Å². The van der Waals surface area contributed by atoms with Gasteiger partial charge in [-0.2, -0.15) is 0 Å². The third kappa shape index (κ3) is 3.60. The zero-order valence-electron chi connectivity index (χ0n) is 19.5. The standard InChI is InChI=1S/C25H32N4O4/c1-25(2)16-10-9-15(17(25)12-16)13-26-22(30)19-6-4-8-21-27-18(14-29(19)21)23(31)28-11-5-7-20(28)24(32)33-3/h4,6,8,14-17,20H,5,7,9-13H2,1-3H3,(H,26,30)/t15-,16-,17+,20-/m0/s1. The number of methoxy groups -OCH3 is 1. The van der Waals surface area contributed by atoms with Crippen molar-refractivity contribution in [1.29, 1.82) is 0 Å². The Hall–Kier alpha value is -2.90. The Labute approximate surface area is 193 Å². The van der Waals surface area contributed by atoms with E-state index in [1.165, 1.54) is 31.3 Å². The van der Waals surface area contributed by atoms with E-state index in [1.54, 1.807) is 28.8 Å². The van der Waals surface area contributed by atoms with Crippen molar-refractivity contribution in [3.63, 3.8) is 0 Å². The van der Waals surface area contributed by atoms with Gasteiger partial charge in [0.05, 0.1) is 7.11 Å². The third-order valence-corrected chi connectivity index (χ3v) is 8.46. The molecule has 2 bridgehead atoms. The maximum Gasteiger partial charge on any atom is 0.328 e. The minimum Gasteiger partial charge on any atom is -0.467 e. The van der Waals surface area contributed by atoms with E-state index in [-0.39, 0.29) is 17.5 Å². The highest BCUT2D eigenvalue weighted by atomic mass is 16.5. The van der Waals surface area contributed by atoms with Crippen LogP contribution in [0, 0.1) is 23.2 Å². The summed E-state index contributed by atoms with van der Waals surface area (Å²) in [6.07, 6.45) is 6.61. The number of carbonyl (C=O) groups is 3. The molecule has 3 saturated carbocycles. The highest BCUT2D eigenvalue weighted by Crippen LogP contribution is 2.61. The topological polar surface area (TPSA) is 93.0 Å². The zero-order chi connectivity index (χ0) is 23.3. The van der Waals surface area contributed by atoms with Crippen molar-refractivity contribution in [2.24, 2.45) is 23.2 Å². The minimum atomic E-state index is -0.582. The van der Waals surface area contributed by atoms with E-state index in [9.17, 15) is 14.4 Å². The lowest BCUT2D eigenvalue weighted by molar-refractivity contribution is -0.145. The van der Waals surface area contributed by atoms with Gasteiger partial charge < -0.3 is 15.0 Å². The smallest absolute Gasteiger partial charge is 0.328 e. The lowest BCUT2D eigenvalue weighted by atomic mass is 9.45. The van der Waals surface area contributed by atoms with E-state index in [4.69, 9.17) is 4.74 Å². The summed E-state index contributed by atoms with van der Waals surface area (Å²) in [4.78, 5) is 44.2. The molecule has 0 aromatic carbocycles. The summed E-state index contributed by atoms with van der Waals surface area (Å²) >= 11 is 0. The van der Waals surface area contributed by atoms with Crippen LogP contribution in [0.2, 0.25) is 0 Å². The second-order valence-corrected chi connectivity index (χ2v) is 10.4. The van der Waals surface area contributed by atoms with Gasteiger partial charge >= 0.3 is 5.97 Å². The molecule has 1 N–H and O–H groups in total. The highest BCUT2D eigenvalue weighted by Gasteiger charge is 2.53. The molecule has 2 aromatic heterocycles. The van der Waals surface area contributed by atoms with Crippen molar-refractivity contribution >= 4 is 23.4 Å². The summed E-state index contributed by atoms with van der Waals surface area (Å²) in [5.41, 5.74) is 1.58. The molecule has 4 fully saturated rings. The van der Waals surface area contributed by atoms with Crippen molar-refractivity contribution in [2.45, 2.75) is 52.0 Å². The maximum atomic E-state index is 13.1. The van der Waals surface area contributed by atoms with Gasteiger partial charge in [0.15, 0.2) is 0 Å². The third-order valence-electron chi connectivity index (χ3n) is 8.46. The number of ether oxygens (including phenoxy) is 1. The molecule has 8 nitrogen and oxygen atoms in total. The molecule has 3 aliphatic carbocycles. The Balaban J connectivity index is 1.32. The number of hydrogen-bond acceptors (Lipinski definition) is 5. The van der Waals surface area contributed by atoms with Crippen LogP contribution in [0.25, 0.3) is 5.65 Å². The van der Waals surface area contributed by atoms with Crippen LogP contribution in [0.4, 0.5) is 0 Å². The van der Waals surface area contributed by atoms with Crippen molar-refractivity contribution in [2.75, 3.05) is 20.2 Å². The number of esters is 1. The molecular weight excluding hydrogens is 420 g/mol. The molecule has 6 rings (SSSR count). The molecule has 2 aromatic rings. The Kier molecular flexibility index (Phi) is 5.41. The number of fused-ring (bicyclic) bond motifs is 3. The normalized spacial score (nSPS) is 27.8. The van der Waals surface area contributed by atoms with Crippen molar-refractivity contribution in [3.8, 4) is 0 Å². The van der Waals surface area contributed by atoms with Crippen LogP contribution < -0.4 is 5.32 Å². The van der Waals surface area contributed by atoms with E-state index in [1.807, 2.05) is 0 Å². The van der Waals surface area contributed by atoms with Gasteiger partial charge in [0.2, 0.25) is 0 Å². The number of amides is 2. The molecule has 8 heteroatoms. The number of nitrogens with one attached hydrogen (secondary N) is 1. The van der Waals surface area contributed by atoms with Gasteiger partial charge in [0.25, 0.3) is 11.8 Å². The molecule has 4 aliphatic rings. The fourth-order valence-electron chi connectivity index (χ4n) is 6.36. The first-order chi connectivity index (χ1) is 15.8. The molecule has 2 amide bonds. The van der Waals surface area contributed by atoms with Gasteiger partial charge in [-0.1, -0.05) is 19.9 Å². The summed E-state index contributed by atoms with van der Waals surface area (Å²) in [7, 11) is 1.33. The minimum absolute atomic E-state index is 0.162. The molecule has 4 atom stereocenters. The van der Waals surface area contributed by atoms with E-state index in [2.05, 4.69) is 24.1 Å². The summed E-state index contributed by atoms with van der Waals surface area (Å²) in [6.45, 7) is 5.87. The van der Waals surface area contributed by atoms with Crippen molar-refractivity contribution in [1.82, 2.24) is 19.6 Å². The van der Waals surface area contributed by atoms with Crippen LogP contribution in [-0.2, 0) is 9.53 Å².